The minimum absolute atomic E-state index is 0.0928. The first-order valence-electron chi connectivity index (χ1n) is 10.5. The second-order valence-electron chi connectivity index (χ2n) is 7.82. The van der Waals surface area contributed by atoms with E-state index in [1.807, 2.05) is 49.5 Å². The van der Waals surface area contributed by atoms with Crippen molar-refractivity contribution in [3.8, 4) is 11.6 Å². The molecule has 0 radical (unpaired) electrons. The lowest BCUT2D eigenvalue weighted by Gasteiger charge is -2.25. The van der Waals surface area contributed by atoms with Gasteiger partial charge in [-0.25, -0.2) is 0 Å². The van der Waals surface area contributed by atoms with Crippen molar-refractivity contribution in [1.29, 1.82) is 0 Å². The number of benzene rings is 1. The van der Waals surface area contributed by atoms with Crippen LogP contribution in [0.15, 0.2) is 58.4 Å². The van der Waals surface area contributed by atoms with E-state index >= 15 is 0 Å². The minimum Gasteiger partial charge on any atom is -0.461 e. The number of H-pyrrole nitrogens is 1. The number of ketones is 1. The highest BCUT2D eigenvalue weighted by atomic mass is 32.2. The predicted octanol–water partition coefficient (Wildman–Crippen LogP) is 5.89. The number of nitrogens with one attached hydrogen (secondary N) is 1. The maximum atomic E-state index is 13.2. The number of thioether (sulfide) groups is 1. The Morgan fingerprint density at radius 1 is 1.17 bits per heavy atom. The number of fused-ring (bicyclic) bond motifs is 1. The fourth-order valence-electron chi connectivity index (χ4n) is 4.31. The first-order valence-corrected chi connectivity index (χ1v) is 11.4. The van der Waals surface area contributed by atoms with E-state index in [1.54, 1.807) is 6.26 Å². The van der Waals surface area contributed by atoms with Gasteiger partial charge in [0.1, 0.15) is 0 Å². The van der Waals surface area contributed by atoms with Crippen molar-refractivity contribution in [3.63, 3.8) is 0 Å². The van der Waals surface area contributed by atoms with Gasteiger partial charge in [-0.1, -0.05) is 49.2 Å². The second kappa shape index (κ2) is 8.14. The van der Waals surface area contributed by atoms with Crippen LogP contribution in [-0.4, -0.2) is 30.8 Å². The molecule has 1 aliphatic rings. The van der Waals surface area contributed by atoms with Crippen LogP contribution in [0, 0.1) is 0 Å². The number of hydrogen-bond donors (Lipinski definition) is 1. The van der Waals surface area contributed by atoms with E-state index in [-0.39, 0.29) is 11.0 Å². The summed E-state index contributed by atoms with van der Waals surface area (Å²) in [5.74, 6) is 1.56. The van der Waals surface area contributed by atoms with Gasteiger partial charge in [-0.05, 0) is 38.0 Å². The van der Waals surface area contributed by atoms with Gasteiger partial charge in [-0.15, -0.1) is 10.2 Å². The lowest BCUT2D eigenvalue weighted by molar-refractivity contribution is 0.0995. The van der Waals surface area contributed by atoms with Crippen molar-refractivity contribution >= 4 is 28.4 Å². The van der Waals surface area contributed by atoms with Gasteiger partial charge in [0, 0.05) is 28.7 Å². The predicted molar refractivity (Wildman–Crippen MR) is 118 cm³/mol. The van der Waals surface area contributed by atoms with E-state index in [4.69, 9.17) is 4.42 Å². The molecule has 3 aromatic heterocycles. The Hall–Kier alpha value is -2.80. The number of carbonyl (C=O) groups excluding carboxylic acids is 1. The summed E-state index contributed by atoms with van der Waals surface area (Å²) in [6, 6.07) is 12.0. The number of aromatic amines is 1. The van der Waals surface area contributed by atoms with E-state index in [9.17, 15) is 4.79 Å². The van der Waals surface area contributed by atoms with Crippen LogP contribution in [0.5, 0.6) is 0 Å². The van der Waals surface area contributed by atoms with E-state index in [2.05, 4.69) is 19.7 Å². The van der Waals surface area contributed by atoms with Crippen LogP contribution < -0.4 is 0 Å². The zero-order chi connectivity index (χ0) is 20.5. The average molecular weight is 421 g/mol. The molecule has 4 aromatic rings. The van der Waals surface area contributed by atoms with Gasteiger partial charge in [0.25, 0.3) is 0 Å². The Kier molecular flexibility index (Phi) is 5.21. The number of carbonyl (C=O) groups is 1. The lowest BCUT2D eigenvalue weighted by Crippen LogP contribution is -2.18. The highest BCUT2D eigenvalue weighted by Gasteiger charge is 2.28. The molecule has 3 heterocycles. The van der Waals surface area contributed by atoms with Crippen molar-refractivity contribution in [2.75, 3.05) is 0 Å². The quantitative estimate of drug-likeness (QED) is 0.311. The van der Waals surface area contributed by atoms with Crippen molar-refractivity contribution in [3.05, 3.63) is 54.4 Å². The van der Waals surface area contributed by atoms with Crippen LogP contribution in [0.1, 0.15) is 55.4 Å². The van der Waals surface area contributed by atoms with Crippen LogP contribution in [0.25, 0.3) is 22.5 Å². The molecular weight excluding hydrogens is 396 g/mol. The molecule has 1 fully saturated rings. The zero-order valence-corrected chi connectivity index (χ0v) is 17.7. The minimum atomic E-state index is -0.278. The number of aromatic nitrogens is 4. The normalized spacial score (nSPS) is 16.2. The van der Waals surface area contributed by atoms with Crippen molar-refractivity contribution in [2.24, 2.45) is 0 Å². The molecule has 1 aliphatic carbocycles. The maximum absolute atomic E-state index is 13.2. The van der Waals surface area contributed by atoms with E-state index in [1.165, 1.54) is 31.0 Å². The number of nitrogens with zero attached hydrogens (tertiary/aromatic N) is 3. The van der Waals surface area contributed by atoms with Crippen LogP contribution in [0.2, 0.25) is 0 Å². The van der Waals surface area contributed by atoms with Crippen molar-refractivity contribution in [1.82, 2.24) is 19.7 Å². The summed E-state index contributed by atoms with van der Waals surface area (Å²) in [5, 5.41) is 10.4. The zero-order valence-electron chi connectivity index (χ0n) is 16.9. The van der Waals surface area contributed by atoms with Gasteiger partial charge < -0.3 is 9.40 Å². The average Bonchev–Trinajstić information content (AvgIpc) is 3.53. The SMILES string of the molecule is C[C@@H](Sc1nnc(-c2ccco2)n1C1CCCCC1)C(=O)c1c[nH]c2ccccc12. The number of hydrogen-bond acceptors (Lipinski definition) is 5. The summed E-state index contributed by atoms with van der Waals surface area (Å²) in [6.07, 6.45) is 9.35. The van der Waals surface area contributed by atoms with E-state index < -0.39 is 0 Å². The number of Topliss-reactive ketones (excluding diaryl/α,β-unsaturated/α-hetero) is 1. The number of furan rings is 1. The molecule has 30 heavy (non-hydrogen) atoms. The van der Waals surface area contributed by atoms with Gasteiger partial charge in [0.2, 0.25) is 5.82 Å². The number of rotatable bonds is 6. The highest BCUT2D eigenvalue weighted by Crippen LogP contribution is 2.37. The third kappa shape index (κ3) is 3.47. The first kappa shape index (κ1) is 19.2. The van der Waals surface area contributed by atoms with Crippen LogP contribution in [0.4, 0.5) is 0 Å². The second-order valence-corrected chi connectivity index (χ2v) is 9.13. The smallest absolute Gasteiger partial charge is 0.200 e. The molecular formula is C23H24N4O2S. The largest absolute Gasteiger partial charge is 0.461 e. The van der Waals surface area contributed by atoms with E-state index in [0.717, 1.165) is 46.0 Å². The maximum Gasteiger partial charge on any atom is 0.200 e. The topological polar surface area (TPSA) is 76.7 Å². The molecule has 0 bridgehead atoms. The Labute approximate surface area is 179 Å². The molecule has 0 spiro atoms. The summed E-state index contributed by atoms with van der Waals surface area (Å²) in [7, 11) is 0. The van der Waals surface area contributed by atoms with Gasteiger partial charge in [0.15, 0.2) is 16.7 Å². The summed E-state index contributed by atoms with van der Waals surface area (Å²) >= 11 is 1.48. The van der Waals surface area contributed by atoms with Crippen molar-refractivity contribution < 1.29 is 9.21 Å². The fraction of sp³-hybridized carbons (Fsp3) is 0.348. The summed E-state index contributed by atoms with van der Waals surface area (Å²) in [5.41, 5.74) is 1.70. The molecule has 1 N–H and O–H groups in total. The molecule has 1 atom stereocenters. The molecule has 1 aromatic carbocycles. The van der Waals surface area contributed by atoms with Gasteiger partial charge >= 0.3 is 0 Å². The Balaban J connectivity index is 1.46. The fourth-order valence-corrected chi connectivity index (χ4v) is 5.29. The summed E-state index contributed by atoms with van der Waals surface area (Å²) < 4.78 is 7.82. The van der Waals surface area contributed by atoms with Crippen molar-refractivity contribution in [2.45, 2.75) is 55.5 Å². The standard InChI is InChI=1S/C23H24N4O2S/c1-15(21(28)18-14-24-19-11-6-5-10-17(18)19)30-23-26-25-22(20-12-7-13-29-20)27(23)16-8-3-2-4-9-16/h5-7,10-16,24H,2-4,8-9H2,1H3/t15-/m1/s1. The van der Waals surface area contributed by atoms with E-state index in [0.29, 0.717) is 6.04 Å². The molecule has 1 saturated carbocycles. The highest BCUT2D eigenvalue weighted by molar-refractivity contribution is 8.00. The molecule has 0 amide bonds. The van der Waals surface area contributed by atoms with Gasteiger partial charge in [-0.3, -0.25) is 9.36 Å². The molecule has 7 heteroatoms. The Morgan fingerprint density at radius 2 is 2.00 bits per heavy atom. The third-order valence-electron chi connectivity index (χ3n) is 5.85. The van der Waals surface area contributed by atoms with Crippen LogP contribution >= 0.6 is 11.8 Å². The first-order chi connectivity index (χ1) is 14.7. The van der Waals surface area contributed by atoms with Crippen LogP contribution in [0.3, 0.4) is 0 Å². The molecule has 6 nitrogen and oxygen atoms in total. The number of para-hydroxylation sites is 1. The Morgan fingerprint density at radius 3 is 2.80 bits per heavy atom. The van der Waals surface area contributed by atoms with Gasteiger partial charge in [0.05, 0.1) is 11.5 Å². The molecule has 5 rings (SSSR count). The Bertz CT molecular complexity index is 1160. The molecule has 154 valence electrons. The third-order valence-corrected chi connectivity index (χ3v) is 6.91. The summed E-state index contributed by atoms with van der Waals surface area (Å²) in [4.78, 5) is 16.4. The molecule has 0 unspecified atom stereocenters. The molecule has 0 saturated heterocycles. The monoisotopic (exact) mass is 420 g/mol. The molecule has 0 aliphatic heterocycles. The van der Waals surface area contributed by atoms with Gasteiger partial charge in [-0.2, -0.15) is 0 Å². The summed E-state index contributed by atoms with van der Waals surface area (Å²) in [6.45, 7) is 1.95. The lowest BCUT2D eigenvalue weighted by atomic mass is 9.95. The van der Waals surface area contributed by atoms with Crippen LogP contribution in [-0.2, 0) is 0 Å².